The number of aryl methyl sites for hydroxylation is 2. The van der Waals surface area contributed by atoms with Crippen molar-refractivity contribution in [2.75, 3.05) is 11.9 Å². The highest BCUT2D eigenvalue weighted by Crippen LogP contribution is 2.31. The van der Waals surface area contributed by atoms with Crippen LogP contribution in [-0.4, -0.2) is 12.5 Å². The van der Waals surface area contributed by atoms with E-state index in [1.807, 2.05) is 64.1 Å². The van der Waals surface area contributed by atoms with Gasteiger partial charge in [-0.1, -0.05) is 26.0 Å². The monoisotopic (exact) mass is 376 g/mol. The van der Waals surface area contributed by atoms with Gasteiger partial charge in [0.15, 0.2) is 0 Å². The van der Waals surface area contributed by atoms with Gasteiger partial charge in [0.25, 0.3) is 5.91 Å². The van der Waals surface area contributed by atoms with Crippen LogP contribution in [0.3, 0.4) is 0 Å². The van der Waals surface area contributed by atoms with Crippen LogP contribution in [-0.2, 0) is 4.79 Å². The first-order valence-electron chi connectivity index (χ1n) is 9.55. The van der Waals surface area contributed by atoms with Gasteiger partial charge in [-0.05, 0) is 85.7 Å². The molecule has 0 unspecified atom stereocenters. The van der Waals surface area contributed by atoms with E-state index in [1.54, 1.807) is 6.08 Å². The van der Waals surface area contributed by atoms with Crippen molar-refractivity contribution < 1.29 is 9.53 Å². The number of nitrogens with zero attached hydrogens (tertiary/aromatic N) is 1. The lowest BCUT2D eigenvalue weighted by molar-refractivity contribution is -0.112. The van der Waals surface area contributed by atoms with Gasteiger partial charge >= 0.3 is 0 Å². The summed E-state index contributed by atoms with van der Waals surface area (Å²) >= 11 is 0. The van der Waals surface area contributed by atoms with Crippen molar-refractivity contribution >= 4 is 17.7 Å². The summed E-state index contributed by atoms with van der Waals surface area (Å²) in [5.74, 6) is 0.713. The first kappa shape index (κ1) is 21.2. The number of nitriles is 1. The van der Waals surface area contributed by atoms with Crippen LogP contribution in [0.2, 0.25) is 0 Å². The van der Waals surface area contributed by atoms with Crippen molar-refractivity contribution in [2.45, 2.75) is 47.5 Å². The highest BCUT2D eigenvalue weighted by molar-refractivity contribution is 6.10. The van der Waals surface area contributed by atoms with Crippen molar-refractivity contribution in [1.82, 2.24) is 0 Å². The molecule has 2 aromatic carbocycles. The van der Waals surface area contributed by atoms with Crippen LogP contribution in [0.4, 0.5) is 5.69 Å². The lowest BCUT2D eigenvalue weighted by Gasteiger charge is -2.16. The van der Waals surface area contributed by atoms with E-state index in [0.717, 1.165) is 39.3 Å². The molecule has 1 amide bonds. The van der Waals surface area contributed by atoms with Crippen LogP contribution in [0.1, 0.15) is 54.5 Å². The van der Waals surface area contributed by atoms with Crippen molar-refractivity contribution in [3.05, 3.63) is 63.7 Å². The summed E-state index contributed by atoms with van der Waals surface area (Å²) in [6, 6.07) is 11.7. The number of ether oxygens (including phenoxy) is 1. The molecule has 146 valence electrons. The molecule has 0 atom stereocenters. The Hall–Kier alpha value is -3.06. The summed E-state index contributed by atoms with van der Waals surface area (Å²) in [7, 11) is 0. The number of rotatable bonds is 6. The van der Waals surface area contributed by atoms with Gasteiger partial charge in [-0.2, -0.15) is 5.26 Å². The topological polar surface area (TPSA) is 62.1 Å². The van der Waals surface area contributed by atoms with Crippen LogP contribution >= 0.6 is 0 Å². The summed E-state index contributed by atoms with van der Waals surface area (Å²) < 4.78 is 5.75. The van der Waals surface area contributed by atoms with Crippen molar-refractivity contribution in [3.63, 3.8) is 0 Å². The zero-order valence-electron chi connectivity index (χ0n) is 17.5. The molecule has 0 heterocycles. The fourth-order valence-electron chi connectivity index (χ4n) is 2.98. The molecule has 28 heavy (non-hydrogen) atoms. The third kappa shape index (κ3) is 4.80. The van der Waals surface area contributed by atoms with E-state index in [1.165, 1.54) is 0 Å². The molecule has 0 radical (unpaired) electrons. The minimum atomic E-state index is -0.407. The van der Waals surface area contributed by atoms with Gasteiger partial charge in [0.1, 0.15) is 17.4 Å². The fourth-order valence-corrected chi connectivity index (χ4v) is 2.98. The zero-order valence-corrected chi connectivity index (χ0v) is 17.5. The van der Waals surface area contributed by atoms with E-state index in [0.29, 0.717) is 6.61 Å². The van der Waals surface area contributed by atoms with Gasteiger partial charge in [0.05, 0.1) is 6.61 Å². The summed E-state index contributed by atoms with van der Waals surface area (Å²) in [5.41, 5.74) is 5.74. The van der Waals surface area contributed by atoms with Gasteiger partial charge < -0.3 is 10.1 Å². The van der Waals surface area contributed by atoms with Crippen LogP contribution in [0, 0.1) is 32.1 Å². The molecule has 0 aliphatic heterocycles. The third-order valence-electron chi connectivity index (χ3n) is 4.84. The number of hydrogen-bond acceptors (Lipinski definition) is 3. The van der Waals surface area contributed by atoms with Crippen molar-refractivity contribution in [1.29, 1.82) is 5.26 Å². The Morgan fingerprint density at radius 1 is 1.21 bits per heavy atom. The Morgan fingerprint density at radius 3 is 2.54 bits per heavy atom. The highest BCUT2D eigenvalue weighted by Gasteiger charge is 2.15. The number of benzene rings is 2. The van der Waals surface area contributed by atoms with Gasteiger partial charge in [-0.3, -0.25) is 4.79 Å². The standard InChI is InChI=1S/C24H28N2O2/c1-7-28-23-11-17(5)19(13-21(23)15(2)3)12-20(14-25)24(27)26-22-10-8-9-16(4)18(22)6/h8-13,15H,7H2,1-6H3,(H,26,27)/b20-12+. The van der Waals surface area contributed by atoms with Crippen LogP contribution in [0.5, 0.6) is 5.75 Å². The Labute approximate surface area is 167 Å². The predicted molar refractivity (Wildman–Crippen MR) is 115 cm³/mol. The second-order valence-corrected chi connectivity index (χ2v) is 7.21. The number of carbonyl (C=O) groups is 1. The quantitative estimate of drug-likeness (QED) is 0.521. The fraction of sp³-hybridized carbons (Fsp3) is 0.333. The molecule has 0 saturated heterocycles. The third-order valence-corrected chi connectivity index (χ3v) is 4.84. The molecule has 4 nitrogen and oxygen atoms in total. The predicted octanol–water partition coefficient (Wildman–Crippen LogP) is 5.68. The second kappa shape index (κ2) is 9.23. The molecule has 0 fully saturated rings. The van der Waals surface area contributed by atoms with Gasteiger partial charge in [-0.25, -0.2) is 0 Å². The lowest BCUT2D eigenvalue weighted by Crippen LogP contribution is -2.14. The first-order chi connectivity index (χ1) is 13.3. The smallest absolute Gasteiger partial charge is 0.266 e. The summed E-state index contributed by atoms with van der Waals surface area (Å²) in [4.78, 5) is 12.7. The molecule has 0 saturated carbocycles. The minimum absolute atomic E-state index is 0.0721. The van der Waals surface area contributed by atoms with E-state index >= 15 is 0 Å². The lowest BCUT2D eigenvalue weighted by atomic mass is 9.95. The minimum Gasteiger partial charge on any atom is -0.494 e. The molecule has 1 N–H and O–H groups in total. The average molecular weight is 377 g/mol. The first-order valence-corrected chi connectivity index (χ1v) is 9.55. The Morgan fingerprint density at radius 2 is 1.93 bits per heavy atom. The maximum atomic E-state index is 12.7. The number of carbonyl (C=O) groups excluding carboxylic acids is 1. The summed E-state index contributed by atoms with van der Waals surface area (Å²) in [5, 5.41) is 12.4. The zero-order chi connectivity index (χ0) is 20.8. The van der Waals surface area contributed by atoms with Crippen LogP contribution in [0.25, 0.3) is 6.08 Å². The van der Waals surface area contributed by atoms with Crippen molar-refractivity contribution in [3.8, 4) is 11.8 Å². The van der Waals surface area contributed by atoms with E-state index in [2.05, 4.69) is 19.2 Å². The normalized spacial score (nSPS) is 11.3. The molecular weight excluding hydrogens is 348 g/mol. The molecule has 2 rings (SSSR count). The van der Waals surface area contributed by atoms with E-state index < -0.39 is 5.91 Å². The number of amides is 1. The largest absolute Gasteiger partial charge is 0.494 e. The molecule has 4 heteroatoms. The Balaban J connectivity index is 2.40. The molecule has 0 spiro atoms. The van der Waals surface area contributed by atoms with Crippen molar-refractivity contribution in [2.24, 2.45) is 0 Å². The SMILES string of the molecule is CCOc1cc(C)c(/C=C(\C#N)C(=O)Nc2cccc(C)c2C)cc1C(C)C. The molecule has 0 aromatic heterocycles. The molecule has 0 bridgehead atoms. The maximum Gasteiger partial charge on any atom is 0.266 e. The highest BCUT2D eigenvalue weighted by atomic mass is 16.5. The molecule has 0 aliphatic rings. The van der Waals surface area contributed by atoms with Gasteiger partial charge in [0, 0.05) is 5.69 Å². The Kier molecular flexibility index (Phi) is 7.00. The number of anilines is 1. The summed E-state index contributed by atoms with van der Waals surface area (Å²) in [6.45, 7) is 12.6. The van der Waals surface area contributed by atoms with Crippen LogP contribution < -0.4 is 10.1 Å². The van der Waals surface area contributed by atoms with E-state index in [4.69, 9.17) is 4.74 Å². The van der Waals surface area contributed by atoms with E-state index in [-0.39, 0.29) is 11.5 Å². The Bertz CT molecular complexity index is 950. The van der Waals surface area contributed by atoms with Gasteiger partial charge in [0.2, 0.25) is 0 Å². The molecule has 0 aliphatic carbocycles. The summed E-state index contributed by atoms with van der Waals surface area (Å²) in [6.07, 6.45) is 1.65. The van der Waals surface area contributed by atoms with Crippen LogP contribution in [0.15, 0.2) is 35.9 Å². The second-order valence-electron chi connectivity index (χ2n) is 7.21. The average Bonchev–Trinajstić information content (AvgIpc) is 2.64. The number of hydrogen-bond donors (Lipinski definition) is 1. The maximum absolute atomic E-state index is 12.7. The number of nitrogens with one attached hydrogen (secondary N) is 1. The van der Waals surface area contributed by atoms with E-state index in [9.17, 15) is 10.1 Å². The molecule has 2 aromatic rings. The molecular formula is C24H28N2O2. The van der Waals surface area contributed by atoms with Gasteiger partial charge in [-0.15, -0.1) is 0 Å².